The van der Waals surface area contributed by atoms with Crippen LogP contribution in [0.25, 0.3) is 10.9 Å². The van der Waals surface area contributed by atoms with Crippen molar-refractivity contribution in [2.45, 2.75) is 25.9 Å². The molecule has 3 rings (SSSR count). The number of quaternary nitrogens is 1. The summed E-state index contributed by atoms with van der Waals surface area (Å²) in [7, 11) is 3.67. The second-order valence-electron chi connectivity index (χ2n) is 7.09. The number of aromatic nitrogens is 1. The molecule has 2 heterocycles. The fraction of sp³-hybridized carbons (Fsp3) is 0.526. The Balaban J connectivity index is 1.81. The van der Waals surface area contributed by atoms with E-state index in [2.05, 4.69) is 4.57 Å². The molecule has 0 spiro atoms. The molecule has 1 fully saturated rings. The van der Waals surface area contributed by atoms with E-state index in [4.69, 9.17) is 10.5 Å². The Bertz CT molecular complexity index is 776. The average Bonchev–Trinajstić information content (AvgIpc) is 2.85. The smallest absolute Gasteiger partial charge is 0.220 e. The first-order valence-electron chi connectivity index (χ1n) is 8.86. The number of ether oxygens (including phenoxy) is 1. The molecule has 1 aromatic carbocycles. The van der Waals surface area contributed by atoms with E-state index < -0.39 is 6.10 Å². The maximum atomic E-state index is 11.3. The Morgan fingerprint density at radius 2 is 2.12 bits per heavy atom. The number of likely N-dealkylation sites (tertiary alicyclic amines) is 1. The third-order valence-electron chi connectivity index (χ3n) is 5.66. The van der Waals surface area contributed by atoms with Crippen LogP contribution in [0.2, 0.25) is 0 Å². The van der Waals surface area contributed by atoms with Crippen molar-refractivity contribution in [3.63, 3.8) is 0 Å². The quantitative estimate of drug-likeness (QED) is 0.729. The van der Waals surface area contributed by atoms with Crippen LogP contribution in [0.3, 0.4) is 0 Å². The molecule has 136 valence electrons. The Kier molecular flexibility index (Phi) is 5.01. The minimum Gasteiger partial charge on any atom is -0.497 e. The number of aliphatic hydroxyl groups excluding tert-OH is 1. The van der Waals surface area contributed by atoms with Crippen LogP contribution in [0.5, 0.6) is 5.75 Å². The number of carbonyl (C=O) groups excluding carboxylic acids is 1. The molecule has 1 aliphatic heterocycles. The van der Waals surface area contributed by atoms with Gasteiger partial charge in [0.15, 0.2) is 0 Å². The van der Waals surface area contributed by atoms with E-state index >= 15 is 0 Å². The van der Waals surface area contributed by atoms with Gasteiger partial charge in [0.05, 0.1) is 20.2 Å². The maximum Gasteiger partial charge on any atom is 0.220 e. The SMILES string of the molecule is COc1ccc2c(c1)c([C@@H](O)C[NH+]1CCC(C(N)=O)CC1)c(C)n2C. The highest BCUT2D eigenvalue weighted by molar-refractivity contribution is 5.87. The molecule has 0 bridgehead atoms. The first kappa shape index (κ1) is 17.8. The maximum absolute atomic E-state index is 11.3. The van der Waals surface area contributed by atoms with Gasteiger partial charge in [0.25, 0.3) is 0 Å². The van der Waals surface area contributed by atoms with Crippen LogP contribution >= 0.6 is 0 Å². The zero-order valence-electron chi connectivity index (χ0n) is 15.2. The zero-order chi connectivity index (χ0) is 18.1. The predicted octanol–water partition coefficient (Wildman–Crippen LogP) is 0.309. The highest BCUT2D eigenvalue weighted by atomic mass is 16.5. The van der Waals surface area contributed by atoms with Gasteiger partial charge in [-0.1, -0.05) is 0 Å². The first-order valence-corrected chi connectivity index (χ1v) is 8.86. The molecule has 0 unspecified atom stereocenters. The number of fused-ring (bicyclic) bond motifs is 1. The minimum absolute atomic E-state index is 0.00977. The number of rotatable bonds is 5. The van der Waals surface area contributed by atoms with Gasteiger partial charge in [-0.2, -0.15) is 0 Å². The van der Waals surface area contributed by atoms with Gasteiger partial charge >= 0.3 is 0 Å². The molecule has 4 N–H and O–H groups in total. The van der Waals surface area contributed by atoms with E-state index in [0.29, 0.717) is 6.54 Å². The van der Waals surface area contributed by atoms with E-state index in [0.717, 1.165) is 53.8 Å². The fourth-order valence-electron chi connectivity index (χ4n) is 4.02. The van der Waals surface area contributed by atoms with Crippen molar-refractivity contribution < 1.29 is 19.5 Å². The summed E-state index contributed by atoms with van der Waals surface area (Å²) in [5.74, 6) is 0.585. The van der Waals surface area contributed by atoms with Crippen LogP contribution in [0, 0.1) is 12.8 Å². The number of methoxy groups -OCH3 is 1. The summed E-state index contributed by atoms with van der Waals surface area (Å²) in [6, 6.07) is 5.97. The molecule has 1 aliphatic rings. The second-order valence-corrected chi connectivity index (χ2v) is 7.09. The molecule has 1 amide bonds. The molecule has 2 aromatic rings. The molecule has 1 saturated heterocycles. The van der Waals surface area contributed by atoms with Crippen LogP contribution in [0.15, 0.2) is 18.2 Å². The van der Waals surface area contributed by atoms with E-state index in [1.807, 2.05) is 32.2 Å². The Hall–Kier alpha value is -2.05. The van der Waals surface area contributed by atoms with Gasteiger partial charge in [0, 0.05) is 48.0 Å². The van der Waals surface area contributed by atoms with Crippen molar-refractivity contribution in [2.75, 3.05) is 26.7 Å². The fourth-order valence-corrected chi connectivity index (χ4v) is 4.02. The lowest BCUT2D eigenvalue weighted by molar-refractivity contribution is -0.909. The Morgan fingerprint density at radius 3 is 2.72 bits per heavy atom. The predicted molar refractivity (Wildman–Crippen MR) is 96.6 cm³/mol. The number of primary amides is 1. The number of aliphatic hydroxyl groups is 1. The average molecular weight is 346 g/mol. The second kappa shape index (κ2) is 7.06. The molecule has 6 heteroatoms. The van der Waals surface area contributed by atoms with Crippen LogP contribution in [-0.4, -0.2) is 42.3 Å². The minimum atomic E-state index is -0.545. The van der Waals surface area contributed by atoms with Crippen LogP contribution < -0.4 is 15.4 Å². The van der Waals surface area contributed by atoms with E-state index in [9.17, 15) is 9.90 Å². The van der Waals surface area contributed by atoms with Crippen LogP contribution in [0.1, 0.15) is 30.2 Å². The number of nitrogens with zero attached hydrogens (tertiary/aromatic N) is 1. The standard InChI is InChI=1S/C19H27N3O3/c1-12-18(15-10-14(25-3)4-5-16(15)21(12)2)17(23)11-22-8-6-13(7-9-22)19(20)24/h4-5,10,13,17,23H,6-9,11H2,1-3H3,(H2,20,24)/p+1/t17-/m0/s1. The zero-order valence-corrected chi connectivity index (χ0v) is 15.2. The van der Waals surface area contributed by atoms with Crippen LogP contribution in [0.4, 0.5) is 0 Å². The molecule has 0 aliphatic carbocycles. The number of aryl methyl sites for hydroxylation is 1. The lowest BCUT2D eigenvalue weighted by atomic mass is 9.95. The number of hydrogen-bond donors (Lipinski definition) is 3. The van der Waals surface area contributed by atoms with E-state index in [1.165, 1.54) is 4.90 Å². The number of piperidine rings is 1. The third-order valence-corrected chi connectivity index (χ3v) is 5.66. The van der Waals surface area contributed by atoms with Gasteiger partial charge in [-0.25, -0.2) is 0 Å². The van der Waals surface area contributed by atoms with Crippen molar-refractivity contribution in [2.24, 2.45) is 18.7 Å². The summed E-state index contributed by atoms with van der Waals surface area (Å²) in [5, 5.41) is 12.0. The Morgan fingerprint density at radius 1 is 1.44 bits per heavy atom. The summed E-state index contributed by atoms with van der Waals surface area (Å²) in [4.78, 5) is 12.6. The van der Waals surface area contributed by atoms with Gasteiger partial charge in [-0.3, -0.25) is 4.79 Å². The van der Waals surface area contributed by atoms with Crippen molar-refractivity contribution in [3.8, 4) is 5.75 Å². The van der Waals surface area contributed by atoms with Gasteiger partial charge < -0.3 is 25.0 Å². The topological polar surface area (TPSA) is 81.9 Å². The number of benzene rings is 1. The molecule has 25 heavy (non-hydrogen) atoms. The Labute approximate surface area is 148 Å². The van der Waals surface area contributed by atoms with Gasteiger partial charge in [0.2, 0.25) is 5.91 Å². The highest BCUT2D eigenvalue weighted by Crippen LogP contribution is 2.32. The van der Waals surface area contributed by atoms with Crippen molar-refractivity contribution in [1.29, 1.82) is 0 Å². The normalized spacial score (nSPS) is 22.1. The number of nitrogens with one attached hydrogen (secondary N) is 1. The number of hydrogen-bond acceptors (Lipinski definition) is 3. The van der Waals surface area contributed by atoms with Gasteiger partial charge in [-0.15, -0.1) is 0 Å². The largest absolute Gasteiger partial charge is 0.497 e. The molecule has 0 radical (unpaired) electrons. The monoisotopic (exact) mass is 346 g/mol. The molecular weight excluding hydrogens is 318 g/mol. The lowest BCUT2D eigenvalue weighted by Gasteiger charge is -2.29. The summed E-state index contributed by atoms with van der Waals surface area (Å²) in [5.41, 5.74) is 8.54. The third kappa shape index (κ3) is 3.37. The summed E-state index contributed by atoms with van der Waals surface area (Å²) in [6.07, 6.45) is 1.07. The van der Waals surface area contributed by atoms with E-state index in [1.54, 1.807) is 7.11 Å². The number of amides is 1. The van der Waals surface area contributed by atoms with Crippen molar-refractivity contribution >= 4 is 16.8 Å². The van der Waals surface area contributed by atoms with E-state index in [-0.39, 0.29) is 11.8 Å². The van der Waals surface area contributed by atoms with Crippen molar-refractivity contribution in [1.82, 2.24) is 4.57 Å². The summed E-state index contributed by atoms with van der Waals surface area (Å²) < 4.78 is 7.46. The molecule has 1 aromatic heterocycles. The van der Waals surface area contributed by atoms with Crippen molar-refractivity contribution in [3.05, 3.63) is 29.5 Å². The first-order chi connectivity index (χ1) is 11.9. The molecule has 6 nitrogen and oxygen atoms in total. The summed E-state index contributed by atoms with van der Waals surface area (Å²) >= 11 is 0. The lowest BCUT2D eigenvalue weighted by Crippen LogP contribution is -3.13. The van der Waals surface area contributed by atoms with Gasteiger partial charge in [-0.05, 0) is 25.1 Å². The molecule has 0 saturated carbocycles. The number of carbonyl (C=O) groups is 1. The van der Waals surface area contributed by atoms with Crippen LogP contribution in [-0.2, 0) is 11.8 Å². The number of nitrogens with two attached hydrogens (primary N) is 1. The molecular formula is C19H28N3O3+. The summed E-state index contributed by atoms with van der Waals surface area (Å²) in [6.45, 7) is 4.43. The van der Waals surface area contributed by atoms with Gasteiger partial charge in [0.1, 0.15) is 18.4 Å². The highest BCUT2D eigenvalue weighted by Gasteiger charge is 2.29. The molecule has 1 atom stereocenters.